The first-order valence-corrected chi connectivity index (χ1v) is 10.5. The van der Waals surface area contributed by atoms with Crippen LogP contribution in [0.25, 0.3) is 11.3 Å². The number of carbonyl (C=O) groups excluding carboxylic acids is 1. The van der Waals surface area contributed by atoms with Crippen LogP contribution in [-0.2, 0) is 10.2 Å². The minimum absolute atomic E-state index is 0.117. The number of benzene rings is 1. The Labute approximate surface area is 175 Å². The fourth-order valence-corrected chi connectivity index (χ4v) is 5.88. The van der Waals surface area contributed by atoms with Crippen LogP contribution in [-0.4, -0.2) is 59.1 Å². The van der Waals surface area contributed by atoms with Crippen molar-refractivity contribution in [2.24, 2.45) is 5.41 Å². The van der Waals surface area contributed by atoms with Crippen molar-refractivity contribution in [2.75, 3.05) is 27.2 Å². The van der Waals surface area contributed by atoms with Gasteiger partial charge in [0.05, 0.1) is 22.4 Å². The summed E-state index contributed by atoms with van der Waals surface area (Å²) in [6.45, 7) is 5.68. The molecule has 5 nitrogen and oxygen atoms in total. The van der Waals surface area contributed by atoms with E-state index in [1.54, 1.807) is 6.07 Å². The van der Waals surface area contributed by atoms with Crippen LogP contribution in [0.3, 0.4) is 0 Å². The molecule has 1 amide bonds. The standard InChI is InChI=1S/C23H26F2N4O/c1-22(2)15-8-9-23(22,21(30)29-11-13(12-29)28(3)4)20-14(15)10-18(26-27-20)19-16(24)6-5-7-17(19)25/h5-7,10,13,15H,8-9,11-12H2,1-4H3. The molecule has 2 fully saturated rings. The summed E-state index contributed by atoms with van der Waals surface area (Å²) in [5.41, 5.74) is 0.594. The lowest BCUT2D eigenvalue weighted by Gasteiger charge is -2.48. The number of amides is 1. The van der Waals surface area contributed by atoms with Crippen LogP contribution in [0, 0.1) is 17.0 Å². The van der Waals surface area contributed by atoms with Crippen LogP contribution in [0.1, 0.15) is 43.9 Å². The molecular weight excluding hydrogens is 386 g/mol. The predicted octanol–water partition coefficient (Wildman–Crippen LogP) is 3.35. The average Bonchev–Trinajstić information content (AvgIpc) is 3.01. The van der Waals surface area contributed by atoms with Gasteiger partial charge < -0.3 is 9.80 Å². The van der Waals surface area contributed by atoms with Crippen molar-refractivity contribution in [1.82, 2.24) is 20.0 Å². The van der Waals surface area contributed by atoms with E-state index in [2.05, 4.69) is 28.9 Å². The number of hydrogen-bond donors (Lipinski definition) is 0. The number of likely N-dealkylation sites (N-methyl/N-ethyl adjacent to an activating group) is 1. The van der Waals surface area contributed by atoms with Crippen LogP contribution in [0.5, 0.6) is 0 Å². The van der Waals surface area contributed by atoms with Gasteiger partial charge in [-0.1, -0.05) is 19.9 Å². The molecule has 3 aliphatic rings. The Morgan fingerprint density at radius 1 is 1.17 bits per heavy atom. The summed E-state index contributed by atoms with van der Waals surface area (Å²) >= 11 is 0. The molecule has 1 saturated carbocycles. The molecule has 2 aliphatic carbocycles. The van der Waals surface area contributed by atoms with Crippen molar-refractivity contribution in [3.63, 3.8) is 0 Å². The van der Waals surface area contributed by atoms with Crippen molar-refractivity contribution in [3.05, 3.63) is 47.2 Å². The van der Waals surface area contributed by atoms with E-state index in [0.717, 1.165) is 31.5 Å². The van der Waals surface area contributed by atoms with Crippen LogP contribution < -0.4 is 0 Å². The minimum Gasteiger partial charge on any atom is -0.339 e. The van der Waals surface area contributed by atoms with Gasteiger partial charge in [0.1, 0.15) is 11.6 Å². The summed E-state index contributed by atoms with van der Waals surface area (Å²) in [7, 11) is 4.06. The van der Waals surface area contributed by atoms with Gasteiger partial charge in [0, 0.05) is 19.1 Å². The lowest BCUT2D eigenvalue weighted by Crippen LogP contribution is -2.64. The van der Waals surface area contributed by atoms with Crippen molar-refractivity contribution in [2.45, 2.75) is 44.1 Å². The highest BCUT2D eigenvalue weighted by Crippen LogP contribution is 2.68. The third-order valence-corrected chi connectivity index (χ3v) is 7.85. The molecule has 2 unspecified atom stereocenters. The summed E-state index contributed by atoms with van der Waals surface area (Å²) in [6.07, 6.45) is 1.60. The maximum Gasteiger partial charge on any atom is 0.235 e. The normalized spacial score (nSPS) is 26.8. The number of likely N-dealkylation sites (tertiary alicyclic amines) is 1. The van der Waals surface area contributed by atoms with E-state index in [-0.39, 0.29) is 28.5 Å². The van der Waals surface area contributed by atoms with Gasteiger partial charge in [-0.3, -0.25) is 4.79 Å². The zero-order chi connectivity index (χ0) is 21.4. The number of halogens is 2. The van der Waals surface area contributed by atoms with Crippen molar-refractivity contribution in [1.29, 1.82) is 0 Å². The van der Waals surface area contributed by atoms with Crippen molar-refractivity contribution in [3.8, 4) is 11.3 Å². The Kier molecular flexibility index (Phi) is 4.10. The maximum absolute atomic E-state index is 14.3. The molecule has 0 N–H and O–H groups in total. The van der Waals surface area contributed by atoms with Crippen LogP contribution in [0.4, 0.5) is 8.78 Å². The first-order valence-electron chi connectivity index (χ1n) is 10.5. The average molecular weight is 412 g/mol. The smallest absolute Gasteiger partial charge is 0.235 e. The summed E-state index contributed by atoms with van der Waals surface area (Å²) in [5.74, 6) is -1.09. The van der Waals surface area contributed by atoms with E-state index in [0.29, 0.717) is 11.7 Å². The second-order valence-corrected chi connectivity index (χ2v) is 9.68. The lowest BCUT2D eigenvalue weighted by molar-refractivity contribution is -0.148. The number of fused-ring (bicyclic) bond motifs is 5. The number of carbonyl (C=O) groups is 1. The zero-order valence-corrected chi connectivity index (χ0v) is 17.7. The Morgan fingerprint density at radius 3 is 2.47 bits per heavy atom. The third kappa shape index (κ3) is 2.32. The molecule has 2 heterocycles. The van der Waals surface area contributed by atoms with Crippen LogP contribution >= 0.6 is 0 Å². The predicted molar refractivity (Wildman–Crippen MR) is 109 cm³/mol. The molecule has 1 aliphatic heterocycles. The highest BCUT2D eigenvalue weighted by molar-refractivity contribution is 5.92. The van der Waals surface area contributed by atoms with Gasteiger partial charge in [-0.2, -0.15) is 5.10 Å². The number of rotatable bonds is 3. The quantitative estimate of drug-likeness (QED) is 0.776. The molecule has 1 aromatic heterocycles. The largest absolute Gasteiger partial charge is 0.339 e. The SMILES string of the molecule is CN(C)C1CN(C(=O)C23CCC(c4cc(-c5c(F)cccc5F)nnc42)C3(C)C)C1. The monoisotopic (exact) mass is 412 g/mol. The van der Waals surface area contributed by atoms with Crippen molar-refractivity contribution >= 4 is 5.91 Å². The maximum atomic E-state index is 14.3. The lowest BCUT2D eigenvalue weighted by atomic mass is 9.67. The fourth-order valence-electron chi connectivity index (χ4n) is 5.88. The number of nitrogens with zero attached hydrogens (tertiary/aromatic N) is 4. The van der Waals surface area contributed by atoms with Crippen LogP contribution in [0.15, 0.2) is 24.3 Å². The van der Waals surface area contributed by atoms with Crippen LogP contribution in [0.2, 0.25) is 0 Å². The molecule has 2 aromatic rings. The highest BCUT2D eigenvalue weighted by atomic mass is 19.1. The van der Waals surface area contributed by atoms with E-state index in [4.69, 9.17) is 0 Å². The molecule has 1 aromatic carbocycles. The molecule has 30 heavy (non-hydrogen) atoms. The summed E-state index contributed by atoms with van der Waals surface area (Å²) in [4.78, 5) is 17.8. The minimum atomic E-state index is -0.719. The molecule has 1 saturated heterocycles. The summed E-state index contributed by atoms with van der Waals surface area (Å²) < 4.78 is 28.6. The molecule has 2 bridgehead atoms. The zero-order valence-electron chi connectivity index (χ0n) is 17.7. The van der Waals surface area contributed by atoms with E-state index < -0.39 is 17.0 Å². The Hall–Kier alpha value is -2.41. The van der Waals surface area contributed by atoms with Gasteiger partial charge in [-0.25, -0.2) is 8.78 Å². The molecule has 7 heteroatoms. The van der Waals surface area contributed by atoms with Crippen molar-refractivity contribution < 1.29 is 13.6 Å². The Morgan fingerprint density at radius 2 is 1.83 bits per heavy atom. The second-order valence-electron chi connectivity index (χ2n) is 9.68. The number of aromatic nitrogens is 2. The molecule has 0 spiro atoms. The van der Waals surface area contributed by atoms with Gasteiger partial charge in [0.2, 0.25) is 5.91 Å². The second kappa shape index (κ2) is 6.30. The first-order chi connectivity index (χ1) is 14.2. The van der Waals surface area contributed by atoms with Gasteiger partial charge in [-0.15, -0.1) is 5.10 Å². The van der Waals surface area contributed by atoms with E-state index in [9.17, 15) is 13.6 Å². The Balaban J connectivity index is 1.57. The van der Waals surface area contributed by atoms with Gasteiger partial charge in [0.15, 0.2) is 0 Å². The fraction of sp³-hybridized carbons (Fsp3) is 0.522. The first kappa shape index (κ1) is 19.5. The molecule has 158 valence electrons. The third-order valence-electron chi connectivity index (χ3n) is 7.85. The topological polar surface area (TPSA) is 49.3 Å². The Bertz CT molecular complexity index is 1030. The van der Waals surface area contributed by atoms with E-state index >= 15 is 0 Å². The van der Waals surface area contributed by atoms with Gasteiger partial charge in [-0.05, 0) is 62.0 Å². The van der Waals surface area contributed by atoms with Gasteiger partial charge in [0.25, 0.3) is 0 Å². The highest BCUT2D eigenvalue weighted by Gasteiger charge is 2.68. The molecular formula is C23H26F2N4O. The van der Waals surface area contributed by atoms with E-state index in [1.165, 1.54) is 18.2 Å². The van der Waals surface area contributed by atoms with E-state index in [1.807, 2.05) is 19.0 Å². The molecule has 2 atom stereocenters. The summed E-state index contributed by atoms with van der Waals surface area (Å²) in [5, 5.41) is 8.63. The molecule has 5 rings (SSSR count). The number of hydrogen-bond acceptors (Lipinski definition) is 4. The molecule has 0 radical (unpaired) electrons. The summed E-state index contributed by atoms with van der Waals surface area (Å²) in [6, 6.07) is 5.91. The van der Waals surface area contributed by atoms with Gasteiger partial charge >= 0.3 is 0 Å².